The van der Waals surface area contributed by atoms with E-state index in [4.69, 9.17) is 30.2 Å². The minimum absolute atomic E-state index is 0.122. The maximum absolute atomic E-state index is 6.48. The molecule has 10 heteroatoms. The monoisotopic (exact) mass is 565 g/mol. The van der Waals surface area contributed by atoms with Gasteiger partial charge in [-0.1, -0.05) is 32.4 Å². The van der Waals surface area contributed by atoms with Gasteiger partial charge in [0.2, 0.25) is 0 Å². The van der Waals surface area contributed by atoms with E-state index >= 15 is 0 Å². The van der Waals surface area contributed by atoms with Crippen molar-refractivity contribution in [1.29, 1.82) is 0 Å². The molecule has 0 saturated carbocycles. The van der Waals surface area contributed by atoms with Crippen LogP contribution < -0.4 is 0 Å². The second-order valence-corrected chi connectivity index (χ2v) is 16.3. The molecule has 0 amide bonds. The first-order valence-electron chi connectivity index (χ1n) is 10.1. The molecule has 0 aliphatic carbocycles. The summed E-state index contributed by atoms with van der Waals surface area (Å²) in [4.78, 5) is 8.58. The second kappa shape index (κ2) is 7.63. The lowest BCUT2D eigenvalue weighted by atomic mass is 10.1. The molecule has 4 atom stereocenters. The van der Waals surface area contributed by atoms with Gasteiger partial charge in [0.25, 0.3) is 0 Å². The third-order valence-electron chi connectivity index (χ3n) is 6.33. The Hall–Kier alpha value is -0.303. The first kappa shape index (κ1) is 22.9. The van der Waals surface area contributed by atoms with Crippen LogP contribution in [0.5, 0.6) is 0 Å². The highest BCUT2D eigenvalue weighted by atomic mass is 127. The normalized spacial score (nSPS) is 29.0. The van der Waals surface area contributed by atoms with Crippen molar-refractivity contribution in [3.05, 3.63) is 21.2 Å². The van der Waals surface area contributed by atoms with E-state index in [0.717, 1.165) is 14.6 Å². The molecule has 4 rings (SSSR count). The molecule has 4 heterocycles. The highest BCUT2D eigenvalue weighted by molar-refractivity contribution is 14.1. The Labute approximate surface area is 197 Å². The van der Waals surface area contributed by atoms with Crippen LogP contribution in [0.4, 0.5) is 0 Å². The third kappa shape index (κ3) is 3.95. The summed E-state index contributed by atoms with van der Waals surface area (Å²) in [7, 11) is -1.92. The molecule has 2 unspecified atom stereocenters. The first-order chi connectivity index (χ1) is 13.8. The van der Waals surface area contributed by atoms with E-state index in [0.29, 0.717) is 11.8 Å². The standard InChI is InChI=1S/C20H29ClIN3O4Si/c1-19(2,3)30(6,7)26-9-12-14-15(29-20(4,5)28-14)18(27-12)25-8-11(22)13-16(21)23-10-24-17(13)25/h8,10,12,14-15,18H,9H2,1-7H3/t12-,14?,15?,18-/m1/s1. The molecule has 2 aromatic rings. The van der Waals surface area contributed by atoms with Gasteiger partial charge in [-0.2, -0.15) is 0 Å². The lowest BCUT2D eigenvalue weighted by Gasteiger charge is -2.37. The number of aromatic nitrogens is 3. The number of ether oxygens (including phenoxy) is 3. The number of hydrogen-bond acceptors (Lipinski definition) is 6. The van der Waals surface area contributed by atoms with Crippen molar-refractivity contribution in [3.63, 3.8) is 0 Å². The van der Waals surface area contributed by atoms with Gasteiger partial charge in [-0.05, 0) is 54.6 Å². The van der Waals surface area contributed by atoms with Crippen LogP contribution in [0.2, 0.25) is 23.3 Å². The van der Waals surface area contributed by atoms with Gasteiger partial charge in [0, 0.05) is 9.77 Å². The summed E-state index contributed by atoms with van der Waals surface area (Å²) in [6, 6.07) is 0. The minimum Gasteiger partial charge on any atom is -0.414 e. The van der Waals surface area contributed by atoms with Gasteiger partial charge in [-0.25, -0.2) is 9.97 Å². The maximum atomic E-state index is 6.48. The van der Waals surface area contributed by atoms with Gasteiger partial charge in [0.15, 0.2) is 20.3 Å². The van der Waals surface area contributed by atoms with Crippen LogP contribution in [0.3, 0.4) is 0 Å². The summed E-state index contributed by atoms with van der Waals surface area (Å²) < 4.78 is 28.4. The Morgan fingerprint density at radius 1 is 1.23 bits per heavy atom. The van der Waals surface area contributed by atoms with Gasteiger partial charge in [0.05, 0.1) is 12.0 Å². The zero-order valence-electron chi connectivity index (χ0n) is 18.4. The number of nitrogens with zero attached hydrogens (tertiary/aromatic N) is 3. The van der Waals surface area contributed by atoms with Crippen LogP contribution in [0.1, 0.15) is 40.8 Å². The quantitative estimate of drug-likeness (QED) is 0.291. The predicted molar refractivity (Wildman–Crippen MR) is 126 cm³/mol. The molecule has 0 aromatic carbocycles. The molecule has 2 fully saturated rings. The average molecular weight is 566 g/mol. The summed E-state index contributed by atoms with van der Waals surface area (Å²) in [6.07, 6.45) is 2.34. The lowest BCUT2D eigenvalue weighted by Crippen LogP contribution is -2.44. The molecule has 30 heavy (non-hydrogen) atoms. The van der Waals surface area contributed by atoms with Crippen molar-refractivity contribution < 1.29 is 18.6 Å². The Balaban J connectivity index is 1.65. The Morgan fingerprint density at radius 3 is 2.57 bits per heavy atom. The summed E-state index contributed by atoms with van der Waals surface area (Å²) in [5, 5.41) is 1.37. The molecule has 0 N–H and O–H groups in total. The van der Waals surface area contributed by atoms with Crippen LogP contribution in [0.25, 0.3) is 11.0 Å². The van der Waals surface area contributed by atoms with Crippen LogP contribution >= 0.6 is 34.2 Å². The van der Waals surface area contributed by atoms with E-state index in [-0.39, 0.29) is 29.6 Å². The van der Waals surface area contributed by atoms with E-state index in [1.807, 2.05) is 24.6 Å². The van der Waals surface area contributed by atoms with Crippen LogP contribution in [-0.4, -0.2) is 53.6 Å². The Bertz CT molecular complexity index is 961. The lowest BCUT2D eigenvalue weighted by molar-refractivity contribution is -0.199. The molecule has 0 spiro atoms. The van der Waals surface area contributed by atoms with Gasteiger partial charge in [0.1, 0.15) is 35.4 Å². The van der Waals surface area contributed by atoms with Crippen molar-refractivity contribution in [2.75, 3.05) is 6.61 Å². The Kier molecular flexibility index (Phi) is 5.82. The summed E-state index contributed by atoms with van der Waals surface area (Å²) in [5.74, 6) is -0.685. The number of hydrogen-bond donors (Lipinski definition) is 0. The van der Waals surface area contributed by atoms with Crippen LogP contribution in [-0.2, 0) is 18.6 Å². The summed E-state index contributed by atoms with van der Waals surface area (Å²) in [6.45, 7) is 15.5. The number of rotatable bonds is 4. The minimum atomic E-state index is -1.92. The third-order valence-corrected chi connectivity index (χ3v) is 11.9. The maximum Gasteiger partial charge on any atom is 0.192 e. The fourth-order valence-corrected chi connectivity index (χ4v) is 5.92. The van der Waals surface area contributed by atoms with Crippen molar-refractivity contribution >= 4 is 53.5 Å². The van der Waals surface area contributed by atoms with E-state index in [2.05, 4.69) is 66.4 Å². The van der Waals surface area contributed by atoms with Crippen LogP contribution in [0, 0.1) is 3.57 Å². The number of halogens is 2. The highest BCUT2D eigenvalue weighted by Gasteiger charge is 2.56. The van der Waals surface area contributed by atoms with E-state index < -0.39 is 14.1 Å². The molecule has 0 bridgehead atoms. The highest BCUT2D eigenvalue weighted by Crippen LogP contribution is 2.45. The molecular weight excluding hydrogens is 537 g/mol. The van der Waals surface area contributed by atoms with Crippen molar-refractivity contribution in [2.24, 2.45) is 0 Å². The fourth-order valence-electron chi connectivity index (χ4n) is 3.72. The molecule has 0 radical (unpaired) electrons. The van der Waals surface area contributed by atoms with Gasteiger partial charge in [-0.3, -0.25) is 0 Å². The molecule has 2 aromatic heterocycles. The van der Waals surface area contributed by atoms with Crippen molar-refractivity contribution in [3.8, 4) is 0 Å². The smallest absolute Gasteiger partial charge is 0.192 e. The zero-order chi connectivity index (χ0) is 22.1. The molecule has 166 valence electrons. The van der Waals surface area contributed by atoms with Crippen molar-refractivity contribution in [1.82, 2.24) is 14.5 Å². The topological polar surface area (TPSA) is 67.6 Å². The first-order valence-corrected chi connectivity index (χ1v) is 14.5. The SMILES string of the molecule is CC1(C)OC2C(O1)[C@@H](CO[Si](C)(C)C(C)(C)C)O[C@H]2n1cc(I)c2c(Cl)ncnc21. The molecule has 2 aliphatic rings. The second-order valence-electron chi connectivity index (χ2n) is 9.95. The Morgan fingerprint density at radius 2 is 1.90 bits per heavy atom. The molecule has 2 saturated heterocycles. The predicted octanol–water partition coefficient (Wildman–Crippen LogP) is 5.13. The fraction of sp³-hybridized carbons (Fsp3) is 0.700. The summed E-state index contributed by atoms with van der Waals surface area (Å²) in [5.41, 5.74) is 0.724. The molecule has 7 nitrogen and oxygen atoms in total. The van der Waals surface area contributed by atoms with E-state index in [1.165, 1.54) is 6.33 Å². The summed E-state index contributed by atoms with van der Waals surface area (Å²) >= 11 is 8.58. The van der Waals surface area contributed by atoms with Crippen molar-refractivity contribution in [2.45, 2.75) is 83.1 Å². The van der Waals surface area contributed by atoms with Gasteiger partial charge in [-0.15, -0.1) is 0 Å². The molecular formula is C20H29ClIN3O4Si. The van der Waals surface area contributed by atoms with Crippen LogP contribution in [0.15, 0.2) is 12.5 Å². The van der Waals surface area contributed by atoms with E-state index in [9.17, 15) is 0 Å². The molecule has 2 aliphatic heterocycles. The van der Waals surface area contributed by atoms with Gasteiger partial charge >= 0.3 is 0 Å². The largest absolute Gasteiger partial charge is 0.414 e. The van der Waals surface area contributed by atoms with Gasteiger partial charge < -0.3 is 23.2 Å². The zero-order valence-corrected chi connectivity index (χ0v) is 22.3. The average Bonchev–Trinajstić information content (AvgIpc) is 3.21. The van der Waals surface area contributed by atoms with E-state index in [1.54, 1.807) is 0 Å². The number of fused-ring (bicyclic) bond motifs is 2.